The normalized spacial score (nSPS) is 11.9. The third kappa shape index (κ3) is 3.20. The van der Waals surface area contributed by atoms with Crippen LogP contribution in [0.15, 0.2) is 18.2 Å². The minimum atomic E-state index is -0.773. The summed E-state index contributed by atoms with van der Waals surface area (Å²) < 4.78 is 4.82. The van der Waals surface area contributed by atoms with E-state index in [0.717, 1.165) is 0 Å². The largest absolute Gasteiger partial charge is 0.508 e. The molecule has 4 nitrogen and oxygen atoms in total. The zero-order valence-electron chi connectivity index (χ0n) is 9.57. The summed E-state index contributed by atoms with van der Waals surface area (Å²) in [5, 5.41) is 8.56. The Balaban J connectivity index is 3.21. The van der Waals surface area contributed by atoms with E-state index in [0.29, 0.717) is 0 Å². The molecule has 0 amide bonds. The number of carbonyl (C=O) groups excluding carboxylic acids is 2. The number of aromatic hydroxyl groups is 1. The number of esters is 1. The van der Waals surface area contributed by atoms with Gasteiger partial charge in [-0.1, -0.05) is 0 Å². The molecular weight excluding hydrogens is 244 g/mol. The van der Waals surface area contributed by atoms with Crippen LogP contribution >= 0.6 is 11.6 Å². The zero-order valence-corrected chi connectivity index (χ0v) is 10.3. The van der Waals surface area contributed by atoms with E-state index in [9.17, 15) is 14.7 Å². The predicted molar refractivity (Wildman–Crippen MR) is 63.7 cm³/mol. The van der Waals surface area contributed by atoms with Crippen LogP contribution in [0.2, 0.25) is 0 Å². The molecule has 1 unspecified atom stereocenters. The molecule has 92 valence electrons. The molecule has 17 heavy (non-hydrogen) atoms. The molecule has 1 atom stereocenters. The average Bonchev–Trinajstić information content (AvgIpc) is 2.28. The van der Waals surface area contributed by atoms with Gasteiger partial charge in [0.15, 0.2) is 5.78 Å². The number of phenolic OH excluding ortho intramolecular Hbond substituents is 1. The maximum atomic E-state index is 11.8. The Bertz CT molecular complexity index is 440. The number of halogens is 1. The molecule has 0 aliphatic rings. The molecule has 1 aromatic carbocycles. The smallest absolute Gasteiger partial charge is 0.338 e. The topological polar surface area (TPSA) is 63.6 Å². The fourth-order valence-corrected chi connectivity index (χ4v) is 1.45. The summed E-state index contributed by atoms with van der Waals surface area (Å²) in [7, 11) is 0. The molecule has 1 N–H and O–H groups in total. The minimum absolute atomic E-state index is 0.0750. The molecule has 1 aromatic rings. The number of ether oxygens (including phenoxy) is 1. The van der Waals surface area contributed by atoms with E-state index >= 15 is 0 Å². The van der Waals surface area contributed by atoms with E-state index in [1.54, 1.807) is 6.92 Å². The maximum absolute atomic E-state index is 11.8. The standard InChI is InChI=1S/C12H13ClO4/c1-3-17-12(16)9-5-4-8(14)6-10(9)11(15)7(2)13/h4-7,14H,3H2,1-2H3. The Morgan fingerprint density at radius 2 is 2.06 bits per heavy atom. The van der Waals surface area contributed by atoms with Crippen LogP contribution < -0.4 is 0 Å². The lowest BCUT2D eigenvalue weighted by molar-refractivity contribution is 0.0523. The summed E-state index contributed by atoms with van der Waals surface area (Å²) in [4.78, 5) is 23.4. The third-order valence-electron chi connectivity index (χ3n) is 2.13. The zero-order chi connectivity index (χ0) is 13.0. The van der Waals surface area contributed by atoms with Gasteiger partial charge >= 0.3 is 5.97 Å². The highest BCUT2D eigenvalue weighted by molar-refractivity contribution is 6.34. The molecule has 0 saturated heterocycles. The van der Waals surface area contributed by atoms with Crippen LogP contribution in [0.3, 0.4) is 0 Å². The lowest BCUT2D eigenvalue weighted by Crippen LogP contribution is -2.17. The monoisotopic (exact) mass is 256 g/mol. The molecule has 0 aliphatic carbocycles. The van der Waals surface area contributed by atoms with Gasteiger partial charge in [-0.05, 0) is 32.0 Å². The van der Waals surface area contributed by atoms with Crippen LogP contribution in [0.1, 0.15) is 34.6 Å². The Morgan fingerprint density at radius 1 is 1.41 bits per heavy atom. The fraction of sp³-hybridized carbons (Fsp3) is 0.333. The van der Waals surface area contributed by atoms with E-state index in [1.807, 2.05) is 0 Å². The van der Waals surface area contributed by atoms with Gasteiger partial charge in [0.1, 0.15) is 5.75 Å². The van der Waals surface area contributed by atoms with Gasteiger partial charge in [-0.25, -0.2) is 4.79 Å². The number of Topliss-reactive ketones (excluding diaryl/α,β-unsaturated/α-hetero) is 1. The van der Waals surface area contributed by atoms with Crippen LogP contribution in [0.4, 0.5) is 0 Å². The molecular formula is C12H13ClO4. The molecule has 0 aromatic heterocycles. The van der Waals surface area contributed by atoms with Crippen molar-refractivity contribution in [1.29, 1.82) is 0 Å². The number of phenols is 1. The number of benzene rings is 1. The first kappa shape index (κ1) is 13.5. The second-order valence-corrected chi connectivity index (χ2v) is 4.09. The summed E-state index contributed by atoms with van der Waals surface area (Å²) in [6, 6.07) is 3.88. The molecule has 0 bridgehead atoms. The number of ketones is 1. The third-order valence-corrected chi connectivity index (χ3v) is 2.32. The van der Waals surface area contributed by atoms with Crippen molar-refractivity contribution < 1.29 is 19.4 Å². The van der Waals surface area contributed by atoms with Gasteiger partial charge in [-0.15, -0.1) is 11.6 Å². The highest BCUT2D eigenvalue weighted by Gasteiger charge is 2.21. The SMILES string of the molecule is CCOC(=O)c1ccc(O)cc1C(=O)C(C)Cl. The van der Waals surface area contributed by atoms with E-state index < -0.39 is 17.1 Å². The Morgan fingerprint density at radius 3 is 2.59 bits per heavy atom. The first-order valence-corrected chi connectivity index (χ1v) is 5.59. The number of alkyl halides is 1. The second-order valence-electron chi connectivity index (χ2n) is 3.43. The van der Waals surface area contributed by atoms with Gasteiger partial charge in [0, 0.05) is 5.56 Å². The lowest BCUT2D eigenvalue weighted by atomic mass is 10.0. The summed E-state index contributed by atoms with van der Waals surface area (Å²) in [6.45, 7) is 3.39. The van der Waals surface area contributed by atoms with Crippen molar-refractivity contribution in [3.63, 3.8) is 0 Å². The fourth-order valence-electron chi connectivity index (χ4n) is 1.34. The highest BCUT2D eigenvalue weighted by Crippen LogP contribution is 2.20. The van der Waals surface area contributed by atoms with Gasteiger partial charge in [0.2, 0.25) is 0 Å². The van der Waals surface area contributed by atoms with Gasteiger partial charge in [0.05, 0.1) is 17.5 Å². The van der Waals surface area contributed by atoms with E-state index in [4.69, 9.17) is 16.3 Å². The molecule has 0 fully saturated rings. The molecule has 0 spiro atoms. The highest BCUT2D eigenvalue weighted by atomic mass is 35.5. The first-order chi connectivity index (χ1) is 7.97. The Labute approximate surface area is 104 Å². The van der Waals surface area contributed by atoms with Gasteiger partial charge in [-0.3, -0.25) is 4.79 Å². The molecule has 0 radical (unpaired) electrons. The van der Waals surface area contributed by atoms with Crippen molar-refractivity contribution in [3.05, 3.63) is 29.3 Å². The van der Waals surface area contributed by atoms with Gasteiger partial charge in [-0.2, -0.15) is 0 Å². The molecule has 1 rings (SSSR count). The van der Waals surface area contributed by atoms with Crippen molar-refractivity contribution in [3.8, 4) is 5.75 Å². The Hall–Kier alpha value is -1.55. The van der Waals surface area contributed by atoms with Gasteiger partial charge in [0.25, 0.3) is 0 Å². The molecule has 5 heteroatoms. The van der Waals surface area contributed by atoms with Crippen molar-refractivity contribution in [2.24, 2.45) is 0 Å². The van der Waals surface area contributed by atoms with Crippen LogP contribution in [-0.2, 0) is 4.74 Å². The minimum Gasteiger partial charge on any atom is -0.508 e. The lowest BCUT2D eigenvalue weighted by Gasteiger charge is -2.09. The first-order valence-electron chi connectivity index (χ1n) is 5.15. The number of rotatable bonds is 4. The van der Waals surface area contributed by atoms with Crippen molar-refractivity contribution >= 4 is 23.4 Å². The van der Waals surface area contributed by atoms with Crippen molar-refractivity contribution in [1.82, 2.24) is 0 Å². The summed E-state index contributed by atoms with van der Waals surface area (Å²) >= 11 is 5.69. The number of carbonyl (C=O) groups is 2. The summed E-state index contributed by atoms with van der Waals surface area (Å²) in [5.74, 6) is -1.13. The number of hydrogen-bond donors (Lipinski definition) is 1. The van der Waals surface area contributed by atoms with Crippen molar-refractivity contribution in [2.45, 2.75) is 19.2 Å². The van der Waals surface area contributed by atoms with Gasteiger partial charge < -0.3 is 9.84 Å². The van der Waals surface area contributed by atoms with Crippen molar-refractivity contribution in [2.75, 3.05) is 6.61 Å². The summed E-state index contributed by atoms with van der Waals surface area (Å²) in [6.07, 6.45) is 0. The Kier molecular flexibility index (Phi) is 4.52. The van der Waals surface area contributed by atoms with Crippen LogP contribution in [-0.4, -0.2) is 28.8 Å². The molecule has 0 heterocycles. The van der Waals surface area contributed by atoms with E-state index in [-0.39, 0.29) is 23.5 Å². The second kappa shape index (κ2) is 5.68. The quantitative estimate of drug-likeness (QED) is 0.510. The molecule has 0 saturated carbocycles. The number of hydrogen-bond acceptors (Lipinski definition) is 4. The summed E-state index contributed by atoms with van der Waals surface area (Å²) in [5.41, 5.74) is 0.188. The van der Waals surface area contributed by atoms with E-state index in [2.05, 4.69) is 0 Å². The van der Waals surface area contributed by atoms with Crippen LogP contribution in [0.5, 0.6) is 5.75 Å². The van der Waals surface area contributed by atoms with E-state index in [1.165, 1.54) is 25.1 Å². The molecule has 0 aliphatic heterocycles. The maximum Gasteiger partial charge on any atom is 0.338 e. The predicted octanol–water partition coefficient (Wildman–Crippen LogP) is 2.38. The average molecular weight is 257 g/mol. The van der Waals surface area contributed by atoms with Crippen LogP contribution in [0.25, 0.3) is 0 Å². The van der Waals surface area contributed by atoms with Crippen LogP contribution in [0, 0.1) is 0 Å².